The van der Waals surface area contributed by atoms with Crippen LogP contribution in [-0.4, -0.2) is 93.3 Å². The molecule has 1 aliphatic rings. The van der Waals surface area contributed by atoms with Crippen molar-refractivity contribution >= 4 is 45.8 Å². The number of nitrogens with zero attached hydrogens (tertiary/aromatic N) is 4. The van der Waals surface area contributed by atoms with Gasteiger partial charge in [0.05, 0.1) is 18.5 Å². The number of rotatable bonds is 11. The van der Waals surface area contributed by atoms with Gasteiger partial charge in [0.15, 0.2) is 5.96 Å². The Hall–Kier alpha value is -1.18. The van der Waals surface area contributed by atoms with Gasteiger partial charge in [-0.3, -0.25) is 4.99 Å². The lowest BCUT2D eigenvalue weighted by Crippen LogP contribution is -2.54. The standard InChI is InChI=1S/C20H36N6O3S.HI/c1-18(2)29-16-17-30(27,28)26-14-12-25(13-15-26)20(21-3)24-11-7-6-10-23-19-8-4-5-9-22-19;/h4-5,8-9,18H,6-7,10-17H2,1-3H3,(H,21,24)(H,22,23);1H. The van der Waals surface area contributed by atoms with E-state index in [0.717, 1.165) is 37.7 Å². The number of hydrogen-bond acceptors (Lipinski definition) is 6. The number of anilines is 1. The molecule has 0 radical (unpaired) electrons. The van der Waals surface area contributed by atoms with Crippen molar-refractivity contribution < 1.29 is 13.2 Å². The molecule has 0 aliphatic carbocycles. The highest BCUT2D eigenvalue weighted by atomic mass is 127. The van der Waals surface area contributed by atoms with Gasteiger partial charge in [-0.2, -0.15) is 4.31 Å². The molecule has 1 saturated heterocycles. The maximum absolute atomic E-state index is 12.5. The highest BCUT2D eigenvalue weighted by Gasteiger charge is 2.27. The van der Waals surface area contributed by atoms with E-state index in [0.29, 0.717) is 26.2 Å². The Bertz CT molecular complexity index is 741. The molecule has 2 N–H and O–H groups in total. The van der Waals surface area contributed by atoms with Gasteiger partial charge < -0.3 is 20.3 Å². The average Bonchev–Trinajstić information content (AvgIpc) is 2.74. The van der Waals surface area contributed by atoms with Crippen LogP contribution in [0, 0.1) is 0 Å². The Balaban J connectivity index is 0.00000480. The second-order valence-corrected chi connectivity index (χ2v) is 9.53. The molecule has 31 heavy (non-hydrogen) atoms. The van der Waals surface area contributed by atoms with E-state index in [2.05, 4.69) is 25.5 Å². The largest absolute Gasteiger partial charge is 0.378 e. The number of sulfonamides is 1. The van der Waals surface area contributed by atoms with Crippen LogP contribution in [0.5, 0.6) is 0 Å². The molecule has 0 bridgehead atoms. The first kappa shape index (κ1) is 27.9. The molecule has 1 fully saturated rings. The van der Waals surface area contributed by atoms with Crippen LogP contribution in [0.25, 0.3) is 0 Å². The summed E-state index contributed by atoms with van der Waals surface area (Å²) < 4.78 is 31.9. The van der Waals surface area contributed by atoms with Crippen LogP contribution in [0.1, 0.15) is 26.7 Å². The minimum absolute atomic E-state index is 0. The molecule has 2 heterocycles. The first-order valence-corrected chi connectivity index (χ1v) is 12.2. The Kier molecular flexibility index (Phi) is 13.3. The molecule has 9 nitrogen and oxygen atoms in total. The molecule has 178 valence electrons. The van der Waals surface area contributed by atoms with Crippen LogP contribution < -0.4 is 10.6 Å². The summed E-state index contributed by atoms with van der Waals surface area (Å²) in [5.74, 6) is 1.75. The minimum Gasteiger partial charge on any atom is -0.378 e. The Morgan fingerprint density at radius 1 is 1.19 bits per heavy atom. The summed E-state index contributed by atoms with van der Waals surface area (Å²) in [6.45, 7) is 7.93. The molecule has 2 rings (SSSR count). The molecular weight excluding hydrogens is 531 g/mol. The lowest BCUT2D eigenvalue weighted by Gasteiger charge is -2.35. The van der Waals surface area contributed by atoms with E-state index < -0.39 is 10.0 Å². The monoisotopic (exact) mass is 568 g/mol. The SMILES string of the molecule is CN=C(NCCCCNc1ccccn1)N1CCN(S(=O)(=O)CCOC(C)C)CC1.I. The second kappa shape index (κ2) is 14.8. The van der Waals surface area contributed by atoms with Crippen molar-refractivity contribution in [3.63, 3.8) is 0 Å². The number of aliphatic imine (C=N–C) groups is 1. The fourth-order valence-electron chi connectivity index (χ4n) is 3.16. The molecule has 0 amide bonds. The molecule has 0 aromatic carbocycles. The number of aromatic nitrogens is 1. The zero-order chi connectivity index (χ0) is 21.8. The van der Waals surface area contributed by atoms with Crippen molar-refractivity contribution in [1.82, 2.24) is 19.5 Å². The Morgan fingerprint density at radius 3 is 2.52 bits per heavy atom. The highest BCUT2D eigenvalue weighted by molar-refractivity contribution is 14.0. The number of hydrogen-bond donors (Lipinski definition) is 2. The van der Waals surface area contributed by atoms with Gasteiger partial charge in [-0.05, 0) is 38.8 Å². The average molecular weight is 569 g/mol. The quantitative estimate of drug-likeness (QED) is 0.182. The van der Waals surface area contributed by atoms with Crippen LogP contribution in [0.2, 0.25) is 0 Å². The predicted octanol–water partition coefficient (Wildman–Crippen LogP) is 1.84. The minimum atomic E-state index is -3.28. The number of ether oxygens (including phenoxy) is 1. The highest BCUT2D eigenvalue weighted by Crippen LogP contribution is 2.09. The summed E-state index contributed by atoms with van der Waals surface area (Å²) in [6.07, 6.45) is 3.84. The third-order valence-electron chi connectivity index (χ3n) is 4.79. The van der Waals surface area contributed by atoms with Crippen LogP contribution >= 0.6 is 24.0 Å². The normalized spacial score (nSPS) is 15.6. The van der Waals surface area contributed by atoms with E-state index in [1.165, 1.54) is 0 Å². The number of nitrogens with one attached hydrogen (secondary N) is 2. The van der Waals surface area contributed by atoms with Gasteiger partial charge in [0.25, 0.3) is 0 Å². The molecule has 0 atom stereocenters. The zero-order valence-electron chi connectivity index (χ0n) is 18.8. The van der Waals surface area contributed by atoms with E-state index in [4.69, 9.17) is 4.74 Å². The van der Waals surface area contributed by atoms with Crippen molar-refractivity contribution in [1.29, 1.82) is 0 Å². The first-order valence-electron chi connectivity index (χ1n) is 10.6. The predicted molar refractivity (Wildman–Crippen MR) is 137 cm³/mol. The van der Waals surface area contributed by atoms with Gasteiger partial charge in [0.2, 0.25) is 10.0 Å². The Morgan fingerprint density at radius 2 is 1.90 bits per heavy atom. The van der Waals surface area contributed by atoms with E-state index in [1.54, 1.807) is 17.5 Å². The smallest absolute Gasteiger partial charge is 0.216 e. The molecule has 1 aliphatic heterocycles. The molecular formula is C20H37IN6O3S. The summed E-state index contributed by atoms with van der Waals surface area (Å²) in [4.78, 5) is 10.7. The number of unbranched alkanes of at least 4 members (excludes halogenated alkanes) is 1. The summed E-state index contributed by atoms with van der Waals surface area (Å²) >= 11 is 0. The number of guanidine groups is 1. The summed E-state index contributed by atoms with van der Waals surface area (Å²) in [5.41, 5.74) is 0. The van der Waals surface area contributed by atoms with Crippen molar-refractivity contribution in [3.05, 3.63) is 24.4 Å². The van der Waals surface area contributed by atoms with Crippen molar-refractivity contribution in [2.75, 3.05) is 64.0 Å². The second-order valence-electron chi connectivity index (χ2n) is 7.44. The van der Waals surface area contributed by atoms with Gasteiger partial charge in [0.1, 0.15) is 5.82 Å². The van der Waals surface area contributed by atoms with Crippen LogP contribution in [-0.2, 0) is 14.8 Å². The fraction of sp³-hybridized carbons (Fsp3) is 0.700. The summed E-state index contributed by atoms with van der Waals surface area (Å²) in [6, 6.07) is 5.82. The van der Waals surface area contributed by atoms with Gasteiger partial charge >= 0.3 is 0 Å². The van der Waals surface area contributed by atoms with Crippen LogP contribution in [0.15, 0.2) is 29.4 Å². The maximum atomic E-state index is 12.5. The lowest BCUT2D eigenvalue weighted by atomic mass is 10.3. The number of pyridine rings is 1. The zero-order valence-corrected chi connectivity index (χ0v) is 21.9. The third-order valence-corrected chi connectivity index (χ3v) is 6.63. The molecule has 0 saturated carbocycles. The van der Waals surface area contributed by atoms with Gasteiger partial charge in [-0.25, -0.2) is 13.4 Å². The molecule has 0 unspecified atom stereocenters. The maximum Gasteiger partial charge on any atom is 0.216 e. The Labute approximate surface area is 204 Å². The van der Waals surface area contributed by atoms with E-state index in [9.17, 15) is 8.42 Å². The topological polar surface area (TPSA) is 99.2 Å². The molecule has 11 heteroatoms. The summed E-state index contributed by atoms with van der Waals surface area (Å²) in [5, 5.41) is 6.68. The third kappa shape index (κ3) is 10.3. The van der Waals surface area contributed by atoms with Crippen molar-refractivity contribution in [2.24, 2.45) is 4.99 Å². The molecule has 1 aromatic heterocycles. The lowest BCUT2D eigenvalue weighted by molar-refractivity contribution is 0.0904. The van der Waals surface area contributed by atoms with Crippen molar-refractivity contribution in [3.8, 4) is 0 Å². The van der Waals surface area contributed by atoms with E-state index in [-0.39, 0.29) is 42.4 Å². The van der Waals surface area contributed by atoms with Crippen LogP contribution in [0.3, 0.4) is 0 Å². The molecule has 1 aromatic rings. The number of piperazine rings is 1. The fourth-order valence-corrected chi connectivity index (χ4v) is 4.45. The first-order chi connectivity index (χ1) is 14.4. The summed E-state index contributed by atoms with van der Waals surface area (Å²) in [7, 11) is -1.51. The van der Waals surface area contributed by atoms with Gasteiger partial charge in [0, 0.05) is 52.5 Å². The van der Waals surface area contributed by atoms with E-state index in [1.807, 2.05) is 32.0 Å². The van der Waals surface area contributed by atoms with Crippen molar-refractivity contribution in [2.45, 2.75) is 32.8 Å². The van der Waals surface area contributed by atoms with E-state index >= 15 is 0 Å². The van der Waals surface area contributed by atoms with Gasteiger partial charge in [-0.1, -0.05) is 6.07 Å². The number of halogens is 1. The van der Waals surface area contributed by atoms with Gasteiger partial charge in [-0.15, -0.1) is 24.0 Å². The van der Waals surface area contributed by atoms with Crippen LogP contribution in [0.4, 0.5) is 5.82 Å². The molecule has 0 spiro atoms.